The van der Waals surface area contributed by atoms with Crippen LogP contribution < -0.4 is 16.8 Å². The van der Waals surface area contributed by atoms with Gasteiger partial charge in [0.2, 0.25) is 0 Å². The molecule has 6 N–H and O–H groups in total. The minimum atomic E-state index is -1.11. The summed E-state index contributed by atoms with van der Waals surface area (Å²) in [5.41, 5.74) is 13.4. The molecule has 0 radical (unpaired) electrons. The SMILES string of the molecule is CSc1ncc(C(=O)O)c(Nc2cc(CN)ccc2N)n1. The Balaban J connectivity index is 2.44. The van der Waals surface area contributed by atoms with E-state index in [0.717, 1.165) is 5.56 Å². The van der Waals surface area contributed by atoms with Crippen LogP contribution in [0.15, 0.2) is 29.6 Å². The Morgan fingerprint density at radius 2 is 2.24 bits per heavy atom. The highest BCUT2D eigenvalue weighted by Gasteiger charge is 2.14. The van der Waals surface area contributed by atoms with Gasteiger partial charge in [0.15, 0.2) is 5.16 Å². The second-order valence-corrected chi connectivity index (χ2v) is 4.95. The summed E-state index contributed by atoms with van der Waals surface area (Å²) < 4.78 is 0. The number of carboxylic acid groups (broad SMARTS) is 1. The number of carbonyl (C=O) groups is 1. The molecule has 0 unspecified atom stereocenters. The molecule has 0 aliphatic rings. The third-order valence-corrected chi connectivity index (χ3v) is 3.35. The summed E-state index contributed by atoms with van der Waals surface area (Å²) >= 11 is 1.32. The van der Waals surface area contributed by atoms with Crippen LogP contribution >= 0.6 is 11.8 Å². The Morgan fingerprint density at radius 1 is 1.48 bits per heavy atom. The summed E-state index contributed by atoms with van der Waals surface area (Å²) in [4.78, 5) is 19.4. The largest absolute Gasteiger partial charge is 0.477 e. The fraction of sp³-hybridized carbons (Fsp3) is 0.154. The van der Waals surface area contributed by atoms with Gasteiger partial charge in [-0.05, 0) is 24.0 Å². The first-order chi connectivity index (χ1) is 10.0. The van der Waals surface area contributed by atoms with Gasteiger partial charge < -0.3 is 21.9 Å². The third-order valence-electron chi connectivity index (χ3n) is 2.79. The first-order valence-electron chi connectivity index (χ1n) is 6.05. The molecule has 0 spiro atoms. The number of nitrogens with one attached hydrogen (secondary N) is 1. The van der Waals surface area contributed by atoms with E-state index in [9.17, 15) is 9.90 Å². The predicted octanol–water partition coefficient (Wildman–Crippen LogP) is 1.68. The van der Waals surface area contributed by atoms with Gasteiger partial charge in [-0.15, -0.1) is 0 Å². The lowest BCUT2D eigenvalue weighted by molar-refractivity contribution is 0.0697. The van der Waals surface area contributed by atoms with E-state index in [2.05, 4.69) is 15.3 Å². The van der Waals surface area contributed by atoms with Gasteiger partial charge in [0, 0.05) is 12.7 Å². The van der Waals surface area contributed by atoms with E-state index < -0.39 is 5.97 Å². The molecule has 21 heavy (non-hydrogen) atoms. The average Bonchev–Trinajstić information content (AvgIpc) is 2.49. The summed E-state index contributed by atoms with van der Waals surface area (Å²) in [6.45, 7) is 0.362. The minimum Gasteiger partial charge on any atom is -0.477 e. The highest BCUT2D eigenvalue weighted by molar-refractivity contribution is 7.98. The number of aromatic carboxylic acids is 1. The molecule has 0 fully saturated rings. The molecule has 1 aromatic carbocycles. The molecule has 8 heteroatoms. The van der Waals surface area contributed by atoms with Crippen LogP contribution in [0.4, 0.5) is 17.2 Å². The van der Waals surface area contributed by atoms with Crippen molar-refractivity contribution in [2.24, 2.45) is 5.73 Å². The van der Waals surface area contributed by atoms with Gasteiger partial charge in [-0.3, -0.25) is 0 Å². The zero-order chi connectivity index (χ0) is 15.4. The van der Waals surface area contributed by atoms with E-state index in [0.29, 0.717) is 23.1 Å². The summed E-state index contributed by atoms with van der Waals surface area (Å²) in [5, 5.41) is 12.6. The standard InChI is InChI=1S/C13H15N5O2S/c1-21-13-16-6-8(12(19)20)11(18-13)17-10-4-7(5-14)2-3-9(10)15/h2-4,6H,5,14-15H2,1H3,(H,19,20)(H,16,17,18). The van der Waals surface area contributed by atoms with Gasteiger partial charge in [-0.2, -0.15) is 0 Å². The van der Waals surface area contributed by atoms with Crippen LogP contribution in [0.5, 0.6) is 0 Å². The van der Waals surface area contributed by atoms with Crippen molar-refractivity contribution in [3.8, 4) is 0 Å². The molecule has 1 aromatic heterocycles. The lowest BCUT2D eigenvalue weighted by Crippen LogP contribution is -2.08. The summed E-state index contributed by atoms with van der Waals surface area (Å²) in [5.74, 6) is -0.915. The van der Waals surface area contributed by atoms with E-state index in [1.165, 1.54) is 18.0 Å². The Kier molecular flexibility index (Phi) is 4.61. The molecule has 0 saturated carbocycles. The molecule has 2 rings (SSSR count). The van der Waals surface area contributed by atoms with Crippen molar-refractivity contribution >= 4 is 34.9 Å². The van der Waals surface area contributed by atoms with Crippen LogP contribution in [-0.2, 0) is 6.54 Å². The number of nitrogens with zero attached hydrogens (tertiary/aromatic N) is 2. The topological polar surface area (TPSA) is 127 Å². The zero-order valence-electron chi connectivity index (χ0n) is 11.3. The molecule has 7 nitrogen and oxygen atoms in total. The number of nitrogens with two attached hydrogens (primary N) is 2. The number of anilines is 3. The maximum atomic E-state index is 11.2. The van der Waals surface area contributed by atoms with Gasteiger partial charge in [0.1, 0.15) is 11.4 Å². The number of hydrogen-bond acceptors (Lipinski definition) is 7. The van der Waals surface area contributed by atoms with Crippen molar-refractivity contribution in [3.05, 3.63) is 35.5 Å². The Labute approximate surface area is 125 Å². The van der Waals surface area contributed by atoms with Crippen molar-refractivity contribution < 1.29 is 9.90 Å². The average molecular weight is 305 g/mol. The van der Waals surface area contributed by atoms with E-state index in [1.807, 2.05) is 12.3 Å². The lowest BCUT2D eigenvalue weighted by atomic mass is 10.1. The van der Waals surface area contributed by atoms with Crippen LogP contribution in [0.2, 0.25) is 0 Å². The number of aromatic nitrogens is 2. The van der Waals surface area contributed by atoms with Gasteiger partial charge >= 0.3 is 5.97 Å². The van der Waals surface area contributed by atoms with Crippen LogP contribution in [-0.4, -0.2) is 27.3 Å². The maximum absolute atomic E-state index is 11.2. The number of carboxylic acids is 1. The summed E-state index contributed by atoms with van der Waals surface area (Å²) in [7, 11) is 0. The van der Waals surface area contributed by atoms with Gasteiger partial charge in [0.25, 0.3) is 0 Å². The molecule has 0 aliphatic carbocycles. The quantitative estimate of drug-likeness (QED) is 0.373. The molecule has 0 atom stereocenters. The van der Waals surface area contributed by atoms with Gasteiger partial charge in [-0.25, -0.2) is 14.8 Å². The van der Waals surface area contributed by atoms with E-state index in [4.69, 9.17) is 11.5 Å². The van der Waals surface area contributed by atoms with E-state index >= 15 is 0 Å². The second kappa shape index (κ2) is 6.42. The molecule has 0 amide bonds. The number of hydrogen-bond donors (Lipinski definition) is 4. The predicted molar refractivity (Wildman–Crippen MR) is 82.8 cm³/mol. The molecular formula is C13H15N5O2S. The second-order valence-electron chi connectivity index (χ2n) is 4.17. The summed E-state index contributed by atoms with van der Waals surface area (Å²) in [6.07, 6.45) is 3.08. The number of thioether (sulfide) groups is 1. The zero-order valence-corrected chi connectivity index (χ0v) is 12.1. The smallest absolute Gasteiger partial charge is 0.341 e. The van der Waals surface area contributed by atoms with E-state index in [-0.39, 0.29) is 11.4 Å². The molecular weight excluding hydrogens is 290 g/mol. The lowest BCUT2D eigenvalue weighted by Gasteiger charge is -2.12. The van der Waals surface area contributed by atoms with Gasteiger partial charge in [-0.1, -0.05) is 17.8 Å². The normalized spacial score (nSPS) is 10.4. The highest BCUT2D eigenvalue weighted by atomic mass is 32.2. The molecule has 110 valence electrons. The van der Waals surface area contributed by atoms with Crippen molar-refractivity contribution in [2.45, 2.75) is 11.7 Å². The molecule has 0 bridgehead atoms. The third kappa shape index (κ3) is 3.41. The van der Waals surface area contributed by atoms with Gasteiger partial charge in [0.05, 0.1) is 11.4 Å². The summed E-state index contributed by atoms with van der Waals surface area (Å²) in [6, 6.07) is 5.29. The van der Waals surface area contributed by atoms with Crippen LogP contribution in [0.3, 0.4) is 0 Å². The van der Waals surface area contributed by atoms with Crippen LogP contribution in [0, 0.1) is 0 Å². The number of benzene rings is 1. The molecule has 0 aliphatic heterocycles. The molecule has 0 saturated heterocycles. The Morgan fingerprint density at radius 3 is 2.86 bits per heavy atom. The van der Waals surface area contributed by atoms with E-state index in [1.54, 1.807) is 12.1 Å². The Hall–Kier alpha value is -2.32. The van der Waals surface area contributed by atoms with Crippen molar-refractivity contribution in [1.29, 1.82) is 0 Å². The van der Waals surface area contributed by atoms with Crippen LogP contribution in [0.25, 0.3) is 0 Å². The fourth-order valence-electron chi connectivity index (χ4n) is 1.68. The van der Waals surface area contributed by atoms with Crippen LogP contribution in [0.1, 0.15) is 15.9 Å². The highest BCUT2D eigenvalue weighted by Crippen LogP contribution is 2.26. The van der Waals surface area contributed by atoms with Crippen molar-refractivity contribution in [3.63, 3.8) is 0 Å². The fourth-order valence-corrected chi connectivity index (χ4v) is 2.02. The monoisotopic (exact) mass is 305 g/mol. The molecule has 1 heterocycles. The number of rotatable bonds is 5. The maximum Gasteiger partial charge on any atom is 0.341 e. The first-order valence-corrected chi connectivity index (χ1v) is 7.27. The molecule has 2 aromatic rings. The minimum absolute atomic E-state index is 0.0228. The Bertz CT molecular complexity index is 678. The van der Waals surface area contributed by atoms with Crippen molar-refractivity contribution in [2.75, 3.05) is 17.3 Å². The number of nitrogen functional groups attached to an aromatic ring is 1. The van der Waals surface area contributed by atoms with Crippen molar-refractivity contribution in [1.82, 2.24) is 9.97 Å². The first kappa shape index (κ1) is 15.1.